The standard InChI is InChI=1S/C16H19NO3/c1-11-9-15(16(19)20)12(2)17(11)14-7-3-5-13(10-14)6-4-8-18/h3,5,7,9-10,18H,4,6,8H2,1-2H3,(H,19,20). The summed E-state index contributed by atoms with van der Waals surface area (Å²) in [6.07, 6.45) is 1.54. The highest BCUT2D eigenvalue weighted by molar-refractivity contribution is 5.89. The lowest BCUT2D eigenvalue weighted by atomic mass is 10.1. The second-order valence-corrected chi connectivity index (χ2v) is 4.92. The third kappa shape index (κ3) is 2.75. The number of carboxylic acids is 1. The second kappa shape index (κ2) is 5.92. The maximum absolute atomic E-state index is 11.2. The first-order chi connectivity index (χ1) is 9.54. The van der Waals surface area contributed by atoms with Crippen LogP contribution in [0.3, 0.4) is 0 Å². The molecule has 4 heteroatoms. The molecule has 0 amide bonds. The van der Waals surface area contributed by atoms with E-state index in [1.54, 1.807) is 6.07 Å². The highest BCUT2D eigenvalue weighted by Crippen LogP contribution is 2.22. The number of nitrogens with zero attached hydrogens (tertiary/aromatic N) is 1. The second-order valence-electron chi connectivity index (χ2n) is 4.92. The molecular formula is C16H19NO3. The maximum atomic E-state index is 11.2. The van der Waals surface area contributed by atoms with Gasteiger partial charge >= 0.3 is 5.97 Å². The van der Waals surface area contributed by atoms with Gasteiger partial charge < -0.3 is 14.8 Å². The summed E-state index contributed by atoms with van der Waals surface area (Å²) in [7, 11) is 0. The smallest absolute Gasteiger partial charge is 0.337 e. The van der Waals surface area contributed by atoms with Crippen LogP contribution in [0.4, 0.5) is 0 Å². The molecule has 0 saturated carbocycles. The number of hydrogen-bond acceptors (Lipinski definition) is 2. The van der Waals surface area contributed by atoms with Crippen molar-refractivity contribution >= 4 is 5.97 Å². The first-order valence-corrected chi connectivity index (χ1v) is 6.67. The van der Waals surface area contributed by atoms with Gasteiger partial charge in [-0.1, -0.05) is 12.1 Å². The summed E-state index contributed by atoms with van der Waals surface area (Å²) in [6.45, 7) is 3.89. The average molecular weight is 273 g/mol. The molecule has 106 valence electrons. The van der Waals surface area contributed by atoms with Gasteiger partial charge in [-0.15, -0.1) is 0 Å². The summed E-state index contributed by atoms with van der Waals surface area (Å²) in [5, 5.41) is 18.1. The van der Waals surface area contributed by atoms with Crippen molar-refractivity contribution in [1.29, 1.82) is 0 Å². The number of aromatic carboxylic acids is 1. The fraction of sp³-hybridized carbons (Fsp3) is 0.312. The van der Waals surface area contributed by atoms with E-state index in [1.807, 2.05) is 42.7 Å². The van der Waals surface area contributed by atoms with E-state index >= 15 is 0 Å². The number of carboxylic acid groups (broad SMARTS) is 1. The van der Waals surface area contributed by atoms with Crippen LogP contribution in [0.15, 0.2) is 30.3 Å². The summed E-state index contributed by atoms with van der Waals surface area (Å²) in [6, 6.07) is 9.68. The first-order valence-electron chi connectivity index (χ1n) is 6.67. The maximum Gasteiger partial charge on any atom is 0.337 e. The lowest BCUT2D eigenvalue weighted by Gasteiger charge is -2.11. The molecule has 0 fully saturated rings. The van der Waals surface area contributed by atoms with Gasteiger partial charge in [0.1, 0.15) is 0 Å². The molecule has 1 aromatic heterocycles. The highest BCUT2D eigenvalue weighted by atomic mass is 16.4. The summed E-state index contributed by atoms with van der Waals surface area (Å²) < 4.78 is 1.95. The van der Waals surface area contributed by atoms with Crippen LogP contribution in [0.5, 0.6) is 0 Å². The molecular weight excluding hydrogens is 254 g/mol. The van der Waals surface area contributed by atoms with Crippen LogP contribution in [-0.2, 0) is 6.42 Å². The van der Waals surface area contributed by atoms with E-state index in [2.05, 4.69) is 0 Å². The van der Waals surface area contributed by atoms with Crippen molar-refractivity contribution in [3.05, 3.63) is 52.8 Å². The van der Waals surface area contributed by atoms with Crippen molar-refractivity contribution in [2.75, 3.05) is 6.61 Å². The van der Waals surface area contributed by atoms with Crippen molar-refractivity contribution in [2.24, 2.45) is 0 Å². The Bertz CT molecular complexity index is 629. The predicted octanol–water partition coefficient (Wildman–Crippen LogP) is 2.72. The van der Waals surface area contributed by atoms with E-state index in [9.17, 15) is 9.90 Å². The largest absolute Gasteiger partial charge is 0.478 e. The number of aliphatic hydroxyl groups is 1. The van der Waals surface area contributed by atoms with Gasteiger partial charge in [-0.2, -0.15) is 0 Å². The lowest BCUT2D eigenvalue weighted by molar-refractivity contribution is 0.0696. The molecule has 0 unspecified atom stereocenters. The minimum atomic E-state index is -0.902. The van der Waals surface area contributed by atoms with E-state index in [4.69, 9.17) is 5.11 Å². The molecule has 0 saturated heterocycles. The van der Waals surface area contributed by atoms with Crippen molar-refractivity contribution in [1.82, 2.24) is 4.57 Å². The Balaban J connectivity index is 2.43. The third-order valence-electron chi connectivity index (χ3n) is 3.45. The number of aliphatic hydroxyl groups excluding tert-OH is 1. The van der Waals surface area contributed by atoms with Crippen LogP contribution in [0, 0.1) is 13.8 Å². The molecule has 2 rings (SSSR count). The van der Waals surface area contributed by atoms with Gasteiger partial charge in [0.05, 0.1) is 5.56 Å². The zero-order chi connectivity index (χ0) is 14.7. The fourth-order valence-corrected chi connectivity index (χ4v) is 2.51. The Morgan fingerprint density at radius 3 is 2.60 bits per heavy atom. The van der Waals surface area contributed by atoms with Gasteiger partial charge in [0.25, 0.3) is 0 Å². The predicted molar refractivity (Wildman–Crippen MR) is 77.6 cm³/mol. The monoisotopic (exact) mass is 273 g/mol. The normalized spacial score (nSPS) is 10.8. The van der Waals surface area contributed by atoms with Crippen LogP contribution < -0.4 is 0 Å². The van der Waals surface area contributed by atoms with Gasteiger partial charge in [-0.3, -0.25) is 0 Å². The SMILES string of the molecule is Cc1cc(C(=O)O)c(C)n1-c1cccc(CCCO)c1. The number of aryl methyl sites for hydroxylation is 2. The van der Waals surface area contributed by atoms with E-state index in [0.717, 1.165) is 35.5 Å². The molecule has 0 atom stereocenters. The molecule has 1 aromatic carbocycles. The molecule has 0 bridgehead atoms. The number of rotatable bonds is 5. The number of hydrogen-bond donors (Lipinski definition) is 2. The summed E-state index contributed by atoms with van der Waals surface area (Å²) in [5.74, 6) is -0.902. The first kappa shape index (κ1) is 14.3. The van der Waals surface area contributed by atoms with Crippen LogP contribution >= 0.6 is 0 Å². The van der Waals surface area contributed by atoms with Crippen LogP contribution in [0.25, 0.3) is 5.69 Å². The molecule has 0 aliphatic heterocycles. The van der Waals surface area contributed by atoms with Crippen molar-refractivity contribution in [3.63, 3.8) is 0 Å². The number of benzene rings is 1. The van der Waals surface area contributed by atoms with Crippen molar-refractivity contribution in [3.8, 4) is 5.69 Å². The van der Waals surface area contributed by atoms with Crippen molar-refractivity contribution < 1.29 is 15.0 Å². The van der Waals surface area contributed by atoms with Gasteiger partial charge in [-0.05, 0) is 50.5 Å². The summed E-state index contributed by atoms with van der Waals surface area (Å²) in [4.78, 5) is 11.2. The van der Waals surface area contributed by atoms with Crippen LogP contribution in [0.2, 0.25) is 0 Å². The quantitative estimate of drug-likeness (QED) is 0.880. The minimum absolute atomic E-state index is 0.176. The van der Waals surface area contributed by atoms with E-state index < -0.39 is 5.97 Å². The Kier molecular flexibility index (Phi) is 4.25. The molecule has 0 radical (unpaired) electrons. The summed E-state index contributed by atoms with van der Waals surface area (Å²) >= 11 is 0. The Labute approximate surface area is 118 Å². The molecule has 1 heterocycles. The molecule has 2 N–H and O–H groups in total. The molecule has 4 nitrogen and oxygen atoms in total. The zero-order valence-electron chi connectivity index (χ0n) is 11.8. The Morgan fingerprint density at radius 2 is 2.00 bits per heavy atom. The highest BCUT2D eigenvalue weighted by Gasteiger charge is 2.15. The van der Waals surface area contributed by atoms with Gasteiger partial charge in [0, 0.05) is 23.7 Å². The molecule has 2 aromatic rings. The van der Waals surface area contributed by atoms with E-state index in [-0.39, 0.29) is 6.61 Å². The molecule has 0 spiro atoms. The number of aromatic nitrogens is 1. The van der Waals surface area contributed by atoms with Crippen LogP contribution in [-0.4, -0.2) is 27.4 Å². The van der Waals surface area contributed by atoms with Gasteiger partial charge in [-0.25, -0.2) is 4.79 Å². The summed E-state index contributed by atoms with van der Waals surface area (Å²) in [5.41, 5.74) is 4.07. The van der Waals surface area contributed by atoms with E-state index in [0.29, 0.717) is 5.56 Å². The van der Waals surface area contributed by atoms with Crippen molar-refractivity contribution in [2.45, 2.75) is 26.7 Å². The van der Waals surface area contributed by atoms with Crippen LogP contribution in [0.1, 0.15) is 33.7 Å². The fourth-order valence-electron chi connectivity index (χ4n) is 2.51. The number of carbonyl (C=O) groups is 1. The lowest BCUT2D eigenvalue weighted by Crippen LogP contribution is -2.03. The molecule has 20 heavy (non-hydrogen) atoms. The van der Waals surface area contributed by atoms with E-state index in [1.165, 1.54) is 0 Å². The Morgan fingerprint density at radius 1 is 1.25 bits per heavy atom. The topological polar surface area (TPSA) is 62.5 Å². The zero-order valence-corrected chi connectivity index (χ0v) is 11.8. The van der Waals surface area contributed by atoms with Gasteiger partial charge in [0.2, 0.25) is 0 Å². The molecule has 0 aliphatic carbocycles. The average Bonchev–Trinajstić information content (AvgIpc) is 2.72. The third-order valence-corrected chi connectivity index (χ3v) is 3.45. The van der Waals surface area contributed by atoms with Gasteiger partial charge in [0.15, 0.2) is 0 Å². The Hall–Kier alpha value is -2.07. The molecule has 0 aliphatic rings. The minimum Gasteiger partial charge on any atom is -0.478 e.